The molecule has 0 aliphatic rings. The van der Waals surface area contributed by atoms with Crippen LogP contribution in [0.15, 0.2) is 0 Å². The van der Waals surface area contributed by atoms with Gasteiger partial charge in [0.1, 0.15) is 12.6 Å². The first kappa shape index (κ1) is 16.2. The molecule has 4 N–H and O–H groups in total. The predicted molar refractivity (Wildman–Crippen MR) is 63.3 cm³/mol. The number of carbonyl (C=O) groups is 4. The van der Waals surface area contributed by atoms with Crippen molar-refractivity contribution < 1.29 is 29.4 Å². The first-order chi connectivity index (χ1) is 8.36. The molecule has 2 amide bonds. The fourth-order valence-corrected chi connectivity index (χ4v) is 1.22. The molecule has 0 aromatic carbocycles. The molecular formula is C9H14N2O6S. The summed E-state index contributed by atoms with van der Waals surface area (Å²) in [6.07, 6.45) is -0.603. The normalized spacial score (nSPS) is 11.4. The van der Waals surface area contributed by atoms with Crippen molar-refractivity contribution in [2.75, 3.05) is 12.3 Å². The Morgan fingerprint density at radius 2 is 1.67 bits per heavy atom. The third-order valence-electron chi connectivity index (χ3n) is 1.81. The highest BCUT2D eigenvalue weighted by Crippen LogP contribution is 1.93. The van der Waals surface area contributed by atoms with Crippen LogP contribution in [0.1, 0.15) is 12.8 Å². The summed E-state index contributed by atoms with van der Waals surface area (Å²) >= 11 is 3.84. The second-order valence-corrected chi connectivity index (χ2v) is 3.67. The standard InChI is InChI=1S/C9H14N2O6S/c12-6(1-2-7(13)14)11-5(4-18)9(17)10-3-8(15)16/h5,18H,1-4H2,(H,10,17)(H,11,12)(H,13,14)(H,15,16)/t5-/m0/s1. The van der Waals surface area contributed by atoms with Crippen LogP contribution in [-0.4, -0.2) is 52.3 Å². The molecule has 8 nitrogen and oxygen atoms in total. The number of carbonyl (C=O) groups excluding carboxylic acids is 2. The van der Waals surface area contributed by atoms with Crippen LogP contribution >= 0.6 is 12.6 Å². The van der Waals surface area contributed by atoms with Gasteiger partial charge in [-0.3, -0.25) is 19.2 Å². The third-order valence-corrected chi connectivity index (χ3v) is 2.18. The zero-order chi connectivity index (χ0) is 14.1. The van der Waals surface area contributed by atoms with E-state index in [1.54, 1.807) is 0 Å². The maximum absolute atomic E-state index is 11.4. The van der Waals surface area contributed by atoms with Crippen molar-refractivity contribution in [2.24, 2.45) is 0 Å². The highest BCUT2D eigenvalue weighted by molar-refractivity contribution is 7.80. The van der Waals surface area contributed by atoms with Crippen LogP contribution in [0.2, 0.25) is 0 Å². The average molecular weight is 278 g/mol. The first-order valence-corrected chi connectivity index (χ1v) is 5.61. The SMILES string of the molecule is O=C(O)CCC(=O)N[C@@H](CS)C(=O)NCC(=O)O. The molecule has 0 aliphatic heterocycles. The van der Waals surface area contributed by atoms with E-state index in [4.69, 9.17) is 10.2 Å². The fraction of sp³-hybridized carbons (Fsp3) is 0.556. The number of carboxylic acids is 2. The summed E-state index contributed by atoms with van der Waals surface area (Å²) in [5.74, 6) is -3.65. The van der Waals surface area contributed by atoms with Crippen LogP contribution < -0.4 is 10.6 Å². The molecular weight excluding hydrogens is 264 g/mol. The van der Waals surface area contributed by atoms with Crippen molar-refractivity contribution in [1.29, 1.82) is 0 Å². The third kappa shape index (κ3) is 7.49. The highest BCUT2D eigenvalue weighted by Gasteiger charge is 2.19. The largest absolute Gasteiger partial charge is 0.481 e. The number of hydrogen-bond donors (Lipinski definition) is 5. The molecule has 0 saturated carbocycles. The van der Waals surface area contributed by atoms with E-state index in [0.717, 1.165) is 0 Å². The molecule has 0 saturated heterocycles. The van der Waals surface area contributed by atoms with Gasteiger partial charge in [-0.2, -0.15) is 12.6 Å². The van der Waals surface area contributed by atoms with Crippen molar-refractivity contribution in [3.05, 3.63) is 0 Å². The Kier molecular flexibility index (Phi) is 7.52. The molecule has 0 aromatic heterocycles. The molecule has 0 fully saturated rings. The minimum atomic E-state index is -1.21. The Hall–Kier alpha value is -1.77. The summed E-state index contributed by atoms with van der Waals surface area (Å²) in [6, 6.07) is -0.992. The maximum atomic E-state index is 11.4. The van der Waals surface area contributed by atoms with Gasteiger partial charge in [0.25, 0.3) is 0 Å². The van der Waals surface area contributed by atoms with Crippen molar-refractivity contribution in [3.8, 4) is 0 Å². The lowest BCUT2D eigenvalue weighted by Crippen LogP contribution is -2.49. The number of amides is 2. The van der Waals surface area contributed by atoms with Crippen molar-refractivity contribution in [2.45, 2.75) is 18.9 Å². The van der Waals surface area contributed by atoms with E-state index in [1.165, 1.54) is 0 Å². The van der Waals surface area contributed by atoms with Gasteiger partial charge in [-0.25, -0.2) is 0 Å². The molecule has 0 radical (unpaired) electrons. The molecule has 18 heavy (non-hydrogen) atoms. The number of thiol groups is 1. The van der Waals surface area contributed by atoms with Crippen LogP contribution in [0.4, 0.5) is 0 Å². The van der Waals surface area contributed by atoms with Crippen LogP contribution in [0.5, 0.6) is 0 Å². The Balaban J connectivity index is 4.16. The maximum Gasteiger partial charge on any atom is 0.322 e. The smallest absolute Gasteiger partial charge is 0.322 e. The lowest BCUT2D eigenvalue weighted by Gasteiger charge is -2.15. The Morgan fingerprint density at radius 1 is 1.06 bits per heavy atom. The van der Waals surface area contributed by atoms with Crippen molar-refractivity contribution in [3.63, 3.8) is 0 Å². The van der Waals surface area contributed by atoms with Gasteiger partial charge in [0, 0.05) is 12.2 Å². The zero-order valence-corrected chi connectivity index (χ0v) is 10.3. The monoisotopic (exact) mass is 278 g/mol. The molecule has 9 heteroatoms. The summed E-state index contributed by atoms with van der Waals surface area (Å²) in [5.41, 5.74) is 0. The molecule has 1 atom stereocenters. The van der Waals surface area contributed by atoms with E-state index in [9.17, 15) is 19.2 Å². The second kappa shape index (κ2) is 8.34. The van der Waals surface area contributed by atoms with Crippen molar-refractivity contribution in [1.82, 2.24) is 10.6 Å². The van der Waals surface area contributed by atoms with Gasteiger partial charge in [-0.1, -0.05) is 0 Å². The lowest BCUT2D eigenvalue weighted by molar-refractivity contribution is -0.139. The van der Waals surface area contributed by atoms with Crippen molar-refractivity contribution >= 4 is 36.4 Å². The van der Waals surface area contributed by atoms with Gasteiger partial charge in [-0.15, -0.1) is 0 Å². The zero-order valence-electron chi connectivity index (χ0n) is 9.38. The molecule has 102 valence electrons. The van der Waals surface area contributed by atoms with Gasteiger partial charge >= 0.3 is 11.9 Å². The molecule has 0 bridgehead atoms. The summed E-state index contributed by atoms with van der Waals surface area (Å²) in [4.78, 5) is 43.1. The van der Waals surface area contributed by atoms with Crippen LogP contribution in [0.25, 0.3) is 0 Å². The molecule has 0 aliphatic carbocycles. The highest BCUT2D eigenvalue weighted by atomic mass is 32.1. The molecule has 0 aromatic rings. The van der Waals surface area contributed by atoms with E-state index in [1.807, 2.05) is 0 Å². The number of nitrogens with one attached hydrogen (secondary N) is 2. The van der Waals surface area contributed by atoms with E-state index in [2.05, 4.69) is 23.3 Å². The van der Waals surface area contributed by atoms with Gasteiger partial charge in [0.05, 0.1) is 6.42 Å². The number of hydrogen-bond acceptors (Lipinski definition) is 5. The summed E-state index contributed by atoms with van der Waals surface area (Å²) in [5, 5.41) is 21.1. The minimum absolute atomic E-state index is 0.0235. The predicted octanol–water partition coefficient (Wildman–Crippen LogP) is -1.53. The summed E-state index contributed by atoms with van der Waals surface area (Å²) < 4.78 is 0. The molecule has 0 unspecified atom stereocenters. The second-order valence-electron chi connectivity index (χ2n) is 3.31. The van der Waals surface area contributed by atoms with Crippen LogP contribution in [0.3, 0.4) is 0 Å². The van der Waals surface area contributed by atoms with Crippen LogP contribution in [-0.2, 0) is 19.2 Å². The first-order valence-electron chi connectivity index (χ1n) is 4.98. The Morgan fingerprint density at radius 3 is 2.11 bits per heavy atom. The van der Waals surface area contributed by atoms with E-state index in [-0.39, 0.29) is 18.6 Å². The van der Waals surface area contributed by atoms with Gasteiger partial charge in [0.15, 0.2) is 0 Å². The molecule has 0 heterocycles. The van der Waals surface area contributed by atoms with Crippen LogP contribution in [0, 0.1) is 0 Å². The van der Waals surface area contributed by atoms with E-state index >= 15 is 0 Å². The van der Waals surface area contributed by atoms with E-state index in [0.29, 0.717) is 0 Å². The lowest BCUT2D eigenvalue weighted by atomic mass is 10.2. The number of rotatable bonds is 8. The van der Waals surface area contributed by atoms with Gasteiger partial charge < -0.3 is 20.8 Å². The van der Waals surface area contributed by atoms with Gasteiger partial charge in [-0.05, 0) is 0 Å². The molecule has 0 spiro atoms. The topological polar surface area (TPSA) is 133 Å². The summed E-state index contributed by atoms with van der Waals surface area (Å²) in [6.45, 7) is -0.561. The molecule has 0 rings (SSSR count). The van der Waals surface area contributed by atoms with E-state index < -0.39 is 36.3 Å². The minimum Gasteiger partial charge on any atom is -0.481 e. The average Bonchev–Trinajstić information content (AvgIpc) is 2.30. The quantitative estimate of drug-likeness (QED) is 0.342. The number of aliphatic carboxylic acids is 2. The Bertz CT molecular complexity index is 346. The van der Waals surface area contributed by atoms with Gasteiger partial charge in [0.2, 0.25) is 11.8 Å². The number of carboxylic acid groups (broad SMARTS) is 2. The summed E-state index contributed by atoms with van der Waals surface area (Å²) in [7, 11) is 0. The Labute approximate surface area is 108 Å². The fourth-order valence-electron chi connectivity index (χ4n) is 0.967.